The first-order chi connectivity index (χ1) is 11.1. The third kappa shape index (κ3) is 4.59. The third-order valence-corrected chi connectivity index (χ3v) is 2.96. The molecule has 122 valence electrons. The van der Waals surface area contributed by atoms with Crippen LogP contribution in [0.2, 0.25) is 0 Å². The summed E-state index contributed by atoms with van der Waals surface area (Å²) in [5.41, 5.74) is 1.45. The van der Waals surface area contributed by atoms with Crippen molar-refractivity contribution in [1.82, 2.24) is 15.5 Å². The second kappa shape index (κ2) is 8.01. The summed E-state index contributed by atoms with van der Waals surface area (Å²) in [5.74, 6) is -0.335. The number of amides is 1. The van der Waals surface area contributed by atoms with Crippen LogP contribution < -0.4 is 5.32 Å². The summed E-state index contributed by atoms with van der Waals surface area (Å²) in [4.78, 5) is 22.0. The van der Waals surface area contributed by atoms with E-state index in [4.69, 9.17) is 9.84 Å². The van der Waals surface area contributed by atoms with Crippen LogP contribution in [0.3, 0.4) is 0 Å². The first-order valence-electron chi connectivity index (χ1n) is 6.89. The molecule has 0 saturated heterocycles. The van der Waals surface area contributed by atoms with Gasteiger partial charge in [0.1, 0.15) is 5.69 Å². The SMILES string of the molecule is O=C(NCCOCCO)c1cc(-c2ccc([N+](=O)[O-])cc2)n[nH]1. The molecule has 23 heavy (non-hydrogen) atoms. The Kier molecular flexibility index (Phi) is 5.78. The highest BCUT2D eigenvalue weighted by Gasteiger charge is 2.12. The van der Waals surface area contributed by atoms with Crippen LogP contribution in [0.25, 0.3) is 11.3 Å². The molecule has 2 aromatic rings. The van der Waals surface area contributed by atoms with E-state index in [1.165, 1.54) is 12.1 Å². The van der Waals surface area contributed by atoms with E-state index in [0.717, 1.165) is 0 Å². The van der Waals surface area contributed by atoms with Gasteiger partial charge in [0.05, 0.1) is 30.4 Å². The molecule has 0 aliphatic rings. The molecule has 9 nitrogen and oxygen atoms in total. The molecule has 0 unspecified atom stereocenters. The van der Waals surface area contributed by atoms with E-state index in [-0.39, 0.29) is 30.5 Å². The summed E-state index contributed by atoms with van der Waals surface area (Å²) in [5, 5.41) is 28.4. The van der Waals surface area contributed by atoms with Crippen molar-refractivity contribution in [3.05, 3.63) is 46.1 Å². The highest BCUT2D eigenvalue weighted by atomic mass is 16.6. The number of nitrogens with zero attached hydrogens (tertiary/aromatic N) is 2. The van der Waals surface area contributed by atoms with Gasteiger partial charge in [0.15, 0.2) is 0 Å². The van der Waals surface area contributed by atoms with E-state index in [0.29, 0.717) is 24.4 Å². The van der Waals surface area contributed by atoms with E-state index in [1.54, 1.807) is 18.2 Å². The van der Waals surface area contributed by atoms with Crippen LogP contribution >= 0.6 is 0 Å². The lowest BCUT2D eigenvalue weighted by molar-refractivity contribution is -0.384. The second-order valence-electron chi connectivity index (χ2n) is 4.56. The standard InChI is InChI=1S/C14H16N4O5/c19-6-8-23-7-5-15-14(20)13-9-12(16-17-13)10-1-3-11(4-2-10)18(21)22/h1-4,9,19H,5-8H2,(H,15,20)(H,16,17). The lowest BCUT2D eigenvalue weighted by Gasteiger charge is -2.03. The number of rotatable bonds is 8. The molecule has 1 aromatic heterocycles. The molecule has 0 saturated carbocycles. The molecule has 0 bridgehead atoms. The number of aromatic amines is 1. The molecule has 9 heteroatoms. The highest BCUT2D eigenvalue weighted by Crippen LogP contribution is 2.21. The number of aliphatic hydroxyl groups is 1. The zero-order valence-electron chi connectivity index (χ0n) is 12.2. The lowest BCUT2D eigenvalue weighted by atomic mass is 10.1. The van der Waals surface area contributed by atoms with Crippen LogP contribution in [0.5, 0.6) is 0 Å². The van der Waals surface area contributed by atoms with Crippen LogP contribution in [-0.4, -0.2) is 52.5 Å². The van der Waals surface area contributed by atoms with Gasteiger partial charge in [-0.1, -0.05) is 0 Å². The zero-order chi connectivity index (χ0) is 16.7. The smallest absolute Gasteiger partial charge is 0.269 e. The Morgan fingerprint density at radius 1 is 1.35 bits per heavy atom. The van der Waals surface area contributed by atoms with Crippen molar-refractivity contribution in [1.29, 1.82) is 0 Å². The summed E-state index contributed by atoms with van der Waals surface area (Å²) in [7, 11) is 0. The minimum absolute atomic E-state index is 0.00914. The van der Waals surface area contributed by atoms with Gasteiger partial charge in [-0.25, -0.2) is 0 Å². The number of nitro benzene ring substituents is 1. The maximum atomic E-state index is 11.9. The largest absolute Gasteiger partial charge is 0.394 e. The van der Waals surface area contributed by atoms with E-state index in [9.17, 15) is 14.9 Å². The maximum Gasteiger partial charge on any atom is 0.269 e. The predicted molar refractivity (Wildman–Crippen MR) is 80.9 cm³/mol. The molecule has 0 aliphatic carbocycles. The number of carbonyl (C=O) groups excluding carboxylic acids is 1. The quantitative estimate of drug-likeness (QED) is 0.373. The van der Waals surface area contributed by atoms with Gasteiger partial charge in [-0.15, -0.1) is 0 Å². The van der Waals surface area contributed by atoms with Crippen molar-refractivity contribution >= 4 is 11.6 Å². The number of aliphatic hydroxyl groups excluding tert-OH is 1. The van der Waals surface area contributed by atoms with E-state index < -0.39 is 4.92 Å². The number of hydrogen-bond acceptors (Lipinski definition) is 6. The van der Waals surface area contributed by atoms with Crippen molar-refractivity contribution < 1.29 is 19.6 Å². The molecule has 0 radical (unpaired) electrons. The van der Waals surface area contributed by atoms with Crippen LogP contribution in [-0.2, 0) is 4.74 Å². The molecule has 0 spiro atoms. The minimum atomic E-state index is -0.480. The Morgan fingerprint density at radius 3 is 2.74 bits per heavy atom. The van der Waals surface area contributed by atoms with Crippen LogP contribution in [0, 0.1) is 10.1 Å². The van der Waals surface area contributed by atoms with Gasteiger partial charge in [-0.2, -0.15) is 5.10 Å². The van der Waals surface area contributed by atoms with Crippen LogP contribution in [0.1, 0.15) is 10.5 Å². The molecular formula is C14H16N4O5. The van der Waals surface area contributed by atoms with Crippen molar-refractivity contribution in [2.45, 2.75) is 0 Å². The maximum absolute atomic E-state index is 11.9. The first kappa shape index (κ1) is 16.6. The molecule has 2 rings (SSSR count). The second-order valence-corrected chi connectivity index (χ2v) is 4.56. The number of hydrogen-bond donors (Lipinski definition) is 3. The van der Waals surface area contributed by atoms with E-state index >= 15 is 0 Å². The van der Waals surface area contributed by atoms with Crippen molar-refractivity contribution in [2.24, 2.45) is 0 Å². The summed E-state index contributed by atoms with van der Waals surface area (Å²) in [6, 6.07) is 7.45. The van der Waals surface area contributed by atoms with Crippen molar-refractivity contribution in [2.75, 3.05) is 26.4 Å². The van der Waals surface area contributed by atoms with Gasteiger partial charge < -0.3 is 15.2 Å². The molecule has 0 fully saturated rings. The Bertz CT molecular complexity index is 668. The fraction of sp³-hybridized carbons (Fsp3) is 0.286. The number of benzene rings is 1. The average Bonchev–Trinajstić information content (AvgIpc) is 3.04. The molecule has 1 heterocycles. The Labute approximate surface area is 131 Å². The Balaban J connectivity index is 1.94. The molecule has 3 N–H and O–H groups in total. The predicted octanol–water partition coefficient (Wildman–Crippen LogP) is 0.724. The minimum Gasteiger partial charge on any atom is -0.394 e. The molecular weight excluding hydrogens is 304 g/mol. The molecule has 0 aliphatic heterocycles. The highest BCUT2D eigenvalue weighted by molar-refractivity contribution is 5.93. The van der Waals surface area contributed by atoms with Gasteiger partial charge >= 0.3 is 0 Å². The Hall–Kier alpha value is -2.78. The number of non-ortho nitro benzene ring substituents is 1. The summed E-state index contributed by atoms with van der Waals surface area (Å²) < 4.78 is 5.03. The zero-order valence-corrected chi connectivity index (χ0v) is 12.2. The molecule has 0 atom stereocenters. The first-order valence-corrected chi connectivity index (χ1v) is 6.89. The Morgan fingerprint density at radius 2 is 2.09 bits per heavy atom. The normalized spacial score (nSPS) is 10.5. The monoisotopic (exact) mass is 320 g/mol. The van der Waals surface area contributed by atoms with Crippen LogP contribution in [0.4, 0.5) is 5.69 Å². The number of nitro groups is 1. The van der Waals surface area contributed by atoms with Gasteiger partial charge in [0, 0.05) is 24.2 Å². The molecule has 1 aromatic carbocycles. The fourth-order valence-corrected chi connectivity index (χ4v) is 1.84. The van der Waals surface area contributed by atoms with Crippen LogP contribution in [0.15, 0.2) is 30.3 Å². The van der Waals surface area contributed by atoms with E-state index in [2.05, 4.69) is 15.5 Å². The number of carbonyl (C=O) groups is 1. The lowest BCUT2D eigenvalue weighted by Crippen LogP contribution is -2.27. The average molecular weight is 320 g/mol. The summed E-state index contributed by atoms with van der Waals surface area (Å²) in [6.45, 7) is 0.775. The number of H-pyrrole nitrogens is 1. The summed E-state index contributed by atoms with van der Waals surface area (Å²) in [6.07, 6.45) is 0. The van der Waals surface area contributed by atoms with Gasteiger partial charge in [0.2, 0.25) is 0 Å². The van der Waals surface area contributed by atoms with Gasteiger partial charge in [0.25, 0.3) is 11.6 Å². The van der Waals surface area contributed by atoms with Crippen molar-refractivity contribution in [3.63, 3.8) is 0 Å². The van der Waals surface area contributed by atoms with E-state index in [1.807, 2.05) is 0 Å². The van der Waals surface area contributed by atoms with Crippen molar-refractivity contribution in [3.8, 4) is 11.3 Å². The number of nitrogens with one attached hydrogen (secondary N) is 2. The summed E-state index contributed by atoms with van der Waals surface area (Å²) >= 11 is 0. The topological polar surface area (TPSA) is 130 Å². The number of aromatic nitrogens is 2. The third-order valence-electron chi connectivity index (χ3n) is 2.96. The number of ether oxygens (including phenoxy) is 1. The van der Waals surface area contributed by atoms with Gasteiger partial charge in [-0.3, -0.25) is 20.0 Å². The molecule has 1 amide bonds. The van der Waals surface area contributed by atoms with Gasteiger partial charge in [-0.05, 0) is 18.2 Å². The fourth-order valence-electron chi connectivity index (χ4n) is 1.84.